The molecule has 1 aromatic carbocycles. The summed E-state index contributed by atoms with van der Waals surface area (Å²) in [5.74, 6) is 1.97. The van der Waals surface area contributed by atoms with Crippen LogP contribution in [0.3, 0.4) is 0 Å². The van der Waals surface area contributed by atoms with E-state index < -0.39 is 0 Å². The van der Waals surface area contributed by atoms with Crippen molar-refractivity contribution in [1.82, 2.24) is 14.9 Å². The van der Waals surface area contributed by atoms with E-state index in [1.54, 1.807) is 6.20 Å². The first kappa shape index (κ1) is 21.9. The molecule has 1 N–H and O–H groups in total. The van der Waals surface area contributed by atoms with Crippen molar-refractivity contribution >= 4 is 68.4 Å². The lowest BCUT2D eigenvalue weighted by molar-refractivity contribution is 0.0773. The minimum atomic E-state index is 0. The van der Waals surface area contributed by atoms with Crippen LogP contribution in [0.15, 0.2) is 41.0 Å². The number of aromatic nitrogens is 2. The Morgan fingerprint density at radius 3 is 2.66 bits per heavy atom. The van der Waals surface area contributed by atoms with E-state index in [1.165, 1.54) is 0 Å². The van der Waals surface area contributed by atoms with Gasteiger partial charge in [0.05, 0.1) is 11.3 Å². The molecule has 1 fully saturated rings. The number of carbonyl (C=O) groups excluding carboxylic acids is 1. The number of hydrogen-bond donors (Lipinski definition) is 1. The number of anilines is 2. The highest BCUT2D eigenvalue weighted by molar-refractivity contribution is 9.10. The number of aryl methyl sites for hydroxylation is 2. The Morgan fingerprint density at radius 2 is 1.93 bits per heavy atom. The predicted molar refractivity (Wildman–Crippen MR) is 127 cm³/mol. The first-order valence-electron chi connectivity index (χ1n) is 9.19. The van der Waals surface area contributed by atoms with Crippen molar-refractivity contribution in [3.63, 3.8) is 0 Å². The summed E-state index contributed by atoms with van der Waals surface area (Å²) in [5.41, 5.74) is 4.95. The molecule has 1 saturated heterocycles. The van der Waals surface area contributed by atoms with Gasteiger partial charge < -0.3 is 10.2 Å². The number of amides is 1. The van der Waals surface area contributed by atoms with Gasteiger partial charge in [-0.1, -0.05) is 15.9 Å². The van der Waals surface area contributed by atoms with Crippen molar-refractivity contribution < 1.29 is 4.79 Å². The highest BCUT2D eigenvalue weighted by atomic mass is 79.9. The number of pyridine rings is 2. The second kappa shape index (κ2) is 9.32. The topological polar surface area (TPSA) is 58.1 Å². The molecule has 1 aliphatic heterocycles. The monoisotopic (exact) mass is 492 g/mol. The molecule has 152 valence electrons. The number of thioether (sulfide) groups is 1. The third-order valence-electron chi connectivity index (χ3n) is 4.82. The van der Waals surface area contributed by atoms with E-state index in [-0.39, 0.29) is 18.3 Å². The van der Waals surface area contributed by atoms with Gasteiger partial charge in [-0.2, -0.15) is 11.8 Å². The van der Waals surface area contributed by atoms with E-state index in [1.807, 2.05) is 54.8 Å². The molecule has 0 bridgehead atoms. The zero-order valence-electron chi connectivity index (χ0n) is 16.2. The predicted octanol–water partition coefficient (Wildman–Crippen LogP) is 5.36. The van der Waals surface area contributed by atoms with Crippen LogP contribution in [0.1, 0.15) is 21.6 Å². The van der Waals surface area contributed by atoms with Gasteiger partial charge in [-0.05, 0) is 49.7 Å². The molecule has 1 amide bonds. The quantitative estimate of drug-likeness (QED) is 0.532. The smallest absolute Gasteiger partial charge is 0.257 e. The van der Waals surface area contributed by atoms with Crippen molar-refractivity contribution in [2.45, 2.75) is 13.8 Å². The summed E-state index contributed by atoms with van der Waals surface area (Å²) >= 11 is 5.43. The van der Waals surface area contributed by atoms with E-state index in [9.17, 15) is 4.79 Å². The van der Waals surface area contributed by atoms with E-state index in [4.69, 9.17) is 0 Å². The number of fused-ring (bicyclic) bond motifs is 1. The van der Waals surface area contributed by atoms with Crippen molar-refractivity contribution in [2.24, 2.45) is 0 Å². The molecule has 0 atom stereocenters. The minimum absolute atomic E-state index is 0. The molecule has 2 aromatic heterocycles. The minimum Gasteiger partial charge on any atom is -0.354 e. The van der Waals surface area contributed by atoms with Crippen LogP contribution in [0, 0.1) is 13.8 Å². The second-order valence-corrected chi connectivity index (χ2v) is 8.94. The lowest BCUT2D eigenvalue weighted by Gasteiger charge is -2.27. The van der Waals surface area contributed by atoms with E-state index in [0.717, 1.165) is 57.1 Å². The van der Waals surface area contributed by atoms with Crippen LogP contribution in [0.25, 0.3) is 11.0 Å². The molecule has 0 aliphatic carbocycles. The van der Waals surface area contributed by atoms with E-state index in [2.05, 4.69) is 37.3 Å². The maximum Gasteiger partial charge on any atom is 0.257 e. The summed E-state index contributed by atoms with van der Waals surface area (Å²) in [6, 6.07) is 10.0. The van der Waals surface area contributed by atoms with E-state index >= 15 is 0 Å². The molecule has 4 rings (SSSR count). The van der Waals surface area contributed by atoms with Crippen LogP contribution >= 0.6 is 40.1 Å². The fourth-order valence-electron chi connectivity index (χ4n) is 3.27. The molecule has 5 nitrogen and oxygen atoms in total. The average molecular weight is 494 g/mol. The van der Waals surface area contributed by atoms with Crippen LogP contribution in [-0.2, 0) is 0 Å². The first-order valence-corrected chi connectivity index (χ1v) is 11.1. The van der Waals surface area contributed by atoms with Gasteiger partial charge in [-0.25, -0.2) is 9.97 Å². The fourth-order valence-corrected chi connectivity index (χ4v) is 4.42. The Balaban J connectivity index is 0.00000240. The van der Waals surface area contributed by atoms with Crippen LogP contribution in [0.4, 0.5) is 11.4 Å². The van der Waals surface area contributed by atoms with Gasteiger partial charge in [0.15, 0.2) is 5.65 Å². The highest BCUT2D eigenvalue weighted by Crippen LogP contribution is 2.31. The van der Waals surface area contributed by atoms with Crippen LogP contribution in [0.5, 0.6) is 0 Å². The lowest BCUT2D eigenvalue weighted by Crippen LogP contribution is -2.38. The Bertz CT molecular complexity index is 1060. The second-order valence-electron chi connectivity index (χ2n) is 6.86. The number of benzene rings is 1. The van der Waals surface area contributed by atoms with Gasteiger partial charge in [0.25, 0.3) is 5.91 Å². The first-order chi connectivity index (χ1) is 13.5. The Hall–Kier alpha value is -1.83. The SMILES string of the molecule is Cc1ccc2c(Nc3ccc(Br)c(C)c3)c(C(=O)N3CCSCC3)cnc2n1.Cl. The molecule has 1 aliphatic rings. The maximum absolute atomic E-state index is 13.3. The summed E-state index contributed by atoms with van der Waals surface area (Å²) in [7, 11) is 0. The van der Waals surface area contributed by atoms with Crippen molar-refractivity contribution in [3.8, 4) is 0 Å². The van der Waals surface area contributed by atoms with Gasteiger partial charge in [0.2, 0.25) is 0 Å². The highest BCUT2D eigenvalue weighted by Gasteiger charge is 2.23. The molecule has 3 aromatic rings. The van der Waals surface area contributed by atoms with Crippen molar-refractivity contribution in [1.29, 1.82) is 0 Å². The van der Waals surface area contributed by atoms with Gasteiger partial charge >= 0.3 is 0 Å². The number of nitrogens with zero attached hydrogens (tertiary/aromatic N) is 3. The van der Waals surface area contributed by atoms with Crippen LogP contribution < -0.4 is 5.32 Å². The summed E-state index contributed by atoms with van der Waals surface area (Å²) < 4.78 is 1.05. The molecule has 0 radical (unpaired) electrons. The zero-order chi connectivity index (χ0) is 19.7. The molecular formula is C21H22BrClN4OS. The summed E-state index contributed by atoms with van der Waals surface area (Å²) in [6.45, 7) is 5.52. The number of hydrogen-bond acceptors (Lipinski definition) is 5. The normalized spacial score (nSPS) is 13.8. The van der Waals surface area contributed by atoms with Gasteiger partial charge in [0, 0.05) is 52.0 Å². The van der Waals surface area contributed by atoms with Gasteiger partial charge in [-0.3, -0.25) is 4.79 Å². The summed E-state index contributed by atoms with van der Waals surface area (Å²) in [4.78, 5) is 24.2. The molecular weight excluding hydrogens is 472 g/mol. The van der Waals surface area contributed by atoms with Gasteiger partial charge in [-0.15, -0.1) is 12.4 Å². The van der Waals surface area contributed by atoms with Gasteiger partial charge in [0.1, 0.15) is 0 Å². The van der Waals surface area contributed by atoms with Crippen LogP contribution in [-0.4, -0.2) is 45.4 Å². The molecule has 29 heavy (non-hydrogen) atoms. The summed E-state index contributed by atoms with van der Waals surface area (Å²) in [6.07, 6.45) is 1.66. The Kier molecular flexibility index (Phi) is 7.03. The van der Waals surface area contributed by atoms with Crippen molar-refractivity contribution in [2.75, 3.05) is 29.9 Å². The molecule has 8 heteroatoms. The summed E-state index contributed by atoms with van der Waals surface area (Å²) in [5, 5.41) is 4.32. The third-order valence-corrected chi connectivity index (χ3v) is 6.66. The van der Waals surface area contributed by atoms with Crippen LogP contribution in [0.2, 0.25) is 0 Å². The third kappa shape index (κ3) is 4.68. The Labute approximate surface area is 189 Å². The Morgan fingerprint density at radius 1 is 1.17 bits per heavy atom. The average Bonchev–Trinajstić information content (AvgIpc) is 2.71. The fraction of sp³-hybridized carbons (Fsp3) is 0.286. The number of halogens is 2. The number of rotatable bonds is 3. The van der Waals surface area contributed by atoms with Crippen molar-refractivity contribution in [3.05, 3.63) is 57.8 Å². The number of carbonyl (C=O) groups is 1. The standard InChI is InChI=1S/C21H21BrN4OS.ClH/c1-13-11-15(4-6-18(13)22)25-19-16-5-3-14(2)24-20(16)23-12-17(19)21(27)26-7-9-28-10-8-26;/h3-6,11-12H,7-10H2,1-2H3,(H,23,24,25);1H. The van der Waals surface area contributed by atoms with E-state index in [0.29, 0.717) is 11.2 Å². The number of nitrogens with one attached hydrogen (secondary N) is 1. The molecule has 3 heterocycles. The maximum atomic E-state index is 13.3. The molecule has 0 spiro atoms. The largest absolute Gasteiger partial charge is 0.354 e. The molecule has 0 unspecified atom stereocenters. The zero-order valence-corrected chi connectivity index (χ0v) is 19.5. The lowest BCUT2D eigenvalue weighted by atomic mass is 10.1. The molecule has 0 saturated carbocycles.